The van der Waals surface area contributed by atoms with Gasteiger partial charge < -0.3 is 10.6 Å². The number of rotatable bonds is 9. The molecule has 0 bridgehead atoms. The van der Waals surface area contributed by atoms with Crippen molar-refractivity contribution in [2.24, 2.45) is 0 Å². The number of amides is 3. The van der Waals surface area contributed by atoms with Crippen LogP contribution in [0, 0.1) is 17.1 Å². The Kier molecular flexibility index (Phi) is 7.81. The van der Waals surface area contributed by atoms with Crippen LogP contribution in [0.25, 0.3) is 11.1 Å². The maximum atomic E-state index is 14.5. The summed E-state index contributed by atoms with van der Waals surface area (Å²) in [5, 5.41) is 14.4. The second kappa shape index (κ2) is 12.2. The molecule has 2 aromatic carbocycles. The van der Waals surface area contributed by atoms with Crippen LogP contribution in [0.1, 0.15) is 60.3 Å². The molecule has 8 rings (SSSR count). The Morgan fingerprint density at radius 3 is 2.17 bits per heavy atom. The minimum absolute atomic E-state index is 0.0469. The van der Waals surface area contributed by atoms with E-state index in [1.807, 2.05) is 30.3 Å². The lowest BCUT2D eigenvalue weighted by Crippen LogP contribution is -2.52. The van der Waals surface area contributed by atoms with Gasteiger partial charge in [-0.25, -0.2) is 34.2 Å². The molecule has 13 nitrogen and oxygen atoms in total. The van der Waals surface area contributed by atoms with Gasteiger partial charge in [-0.05, 0) is 61.9 Å². The van der Waals surface area contributed by atoms with Gasteiger partial charge in [0.15, 0.2) is 11.6 Å². The highest BCUT2D eigenvalue weighted by Crippen LogP contribution is 2.47. The number of hydrogen-bond donors (Lipinski definition) is 2. The summed E-state index contributed by atoms with van der Waals surface area (Å²) in [6, 6.07) is 13.5. The number of carbonyl (C=O) groups excluding carboxylic acids is 3. The van der Waals surface area contributed by atoms with Gasteiger partial charge in [-0.15, -0.1) is 0 Å². The monoisotopic (exact) mass is 736 g/mol. The third-order valence-electron chi connectivity index (χ3n) is 9.78. The molecule has 0 spiro atoms. The topological polar surface area (TPSA) is 172 Å². The summed E-state index contributed by atoms with van der Waals surface area (Å²) in [5.41, 5.74) is -0.822. The molecular weight excluding hydrogens is 710 g/mol. The second-order valence-electron chi connectivity index (χ2n) is 13.3. The van der Waals surface area contributed by atoms with E-state index in [1.54, 1.807) is 37.8 Å². The fourth-order valence-electron chi connectivity index (χ4n) is 6.61. The van der Waals surface area contributed by atoms with Gasteiger partial charge in [0.25, 0.3) is 11.8 Å². The zero-order chi connectivity index (χ0) is 36.4. The van der Waals surface area contributed by atoms with Crippen molar-refractivity contribution in [3.8, 4) is 17.2 Å². The van der Waals surface area contributed by atoms with Crippen molar-refractivity contribution in [2.75, 3.05) is 4.90 Å². The molecule has 2 fully saturated rings. The molecule has 3 aliphatic rings. The molecule has 0 radical (unpaired) electrons. The number of nitrogens with one attached hydrogen (secondary N) is 2. The van der Waals surface area contributed by atoms with Crippen LogP contribution in [-0.4, -0.2) is 52.7 Å². The smallest absolute Gasteiger partial charge is 0.270 e. The van der Waals surface area contributed by atoms with Crippen LogP contribution in [0.3, 0.4) is 0 Å². The summed E-state index contributed by atoms with van der Waals surface area (Å²) in [7, 11) is 0. The Labute approximate surface area is 305 Å². The Balaban J connectivity index is 1.12. The predicted molar refractivity (Wildman–Crippen MR) is 186 cm³/mol. The third kappa shape index (κ3) is 5.53. The zero-order valence-corrected chi connectivity index (χ0v) is 28.9. The van der Waals surface area contributed by atoms with Gasteiger partial charge in [-0.2, -0.15) is 5.26 Å². The van der Waals surface area contributed by atoms with E-state index in [-0.39, 0.29) is 45.5 Å². The number of carbonyl (C=O) groups is 3. The van der Waals surface area contributed by atoms with E-state index in [4.69, 9.17) is 28.5 Å². The Bertz CT molecular complexity index is 2300. The van der Waals surface area contributed by atoms with Gasteiger partial charge in [0, 0.05) is 36.8 Å². The normalized spacial score (nSPS) is 19.1. The van der Waals surface area contributed by atoms with E-state index < -0.39 is 34.2 Å². The molecule has 260 valence electrons. The lowest BCUT2D eigenvalue weighted by atomic mass is 9.90. The van der Waals surface area contributed by atoms with E-state index in [0.29, 0.717) is 37.1 Å². The van der Waals surface area contributed by atoms with Crippen LogP contribution in [-0.2, 0) is 27.1 Å². The molecule has 0 unspecified atom stereocenters. The van der Waals surface area contributed by atoms with Crippen molar-refractivity contribution in [1.82, 2.24) is 40.1 Å². The van der Waals surface area contributed by atoms with Crippen molar-refractivity contribution in [2.45, 2.75) is 55.6 Å². The molecule has 0 saturated heterocycles. The predicted octanol–water partition coefficient (Wildman–Crippen LogP) is 5.15. The molecular formula is C36H27Cl2FN10O3. The van der Waals surface area contributed by atoms with Crippen LogP contribution < -0.4 is 15.5 Å². The lowest BCUT2D eigenvalue weighted by molar-refractivity contribution is -0.125. The number of anilines is 2. The minimum atomic E-state index is -1.42. The van der Waals surface area contributed by atoms with Crippen LogP contribution in [0.2, 0.25) is 10.0 Å². The standard InChI is InChI=1S/C36H27Cl2FN10O3/c1-34(15-20-3-5-21(6-4-20)22-17-43-27(16-40)44-18-22)32(52)48(23-13-24(37)28(39)25(38)14-23)33-45-19-26(49(33)34)29(50)46-36(9-10-36)31(51)47-35(7-8-35)30-41-11-2-12-42-30/h2-6,11-14,17-19H,7-10,15H2,1H3,(H,46,50)(H,47,51)/t34-/m1/s1. The van der Waals surface area contributed by atoms with Crippen molar-refractivity contribution in [1.29, 1.82) is 5.26 Å². The number of halogens is 3. The summed E-state index contributed by atoms with van der Waals surface area (Å²) >= 11 is 12.3. The fraction of sp³-hybridized carbons (Fsp3) is 0.250. The van der Waals surface area contributed by atoms with Crippen LogP contribution in [0.4, 0.5) is 16.0 Å². The molecule has 2 saturated carbocycles. The molecule has 52 heavy (non-hydrogen) atoms. The number of hydrogen-bond acceptors (Lipinski definition) is 9. The van der Waals surface area contributed by atoms with E-state index >= 15 is 0 Å². The number of aromatic nitrogens is 6. The largest absolute Gasteiger partial charge is 0.341 e. The highest BCUT2D eigenvalue weighted by Gasteiger charge is 2.58. The van der Waals surface area contributed by atoms with Crippen molar-refractivity contribution in [3.63, 3.8) is 0 Å². The Morgan fingerprint density at radius 1 is 0.923 bits per heavy atom. The minimum Gasteiger partial charge on any atom is -0.341 e. The number of fused-ring (bicyclic) bond motifs is 1. The fourth-order valence-corrected chi connectivity index (χ4v) is 7.08. The van der Waals surface area contributed by atoms with E-state index in [0.717, 1.165) is 11.1 Å². The molecule has 3 aromatic heterocycles. The summed E-state index contributed by atoms with van der Waals surface area (Å²) in [6.07, 6.45) is 10.0. The first kappa shape index (κ1) is 33.4. The first-order valence-corrected chi connectivity index (χ1v) is 17.0. The average molecular weight is 738 g/mol. The van der Waals surface area contributed by atoms with Gasteiger partial charge in [-0.1, -0.05) is 47.5 Å². The van der Waals surface area contributed by atoms with Gasteiger partial charge >= 0.3 is 0 Å². The van der Waals surface area contributed by atoms with Gasteiger partial charge in [0.2, 0.25) is 17.7 Å². The molecule has 1 atom stereocenters. The summed E-state index contributed by atoms with van der Waals surface area (Å²) in [5.74, 6) is -1.57. The molecule has 3 amide bonds. The Morgan fingerprint density at radius 2 is 1.58 bits per heavy atom. The molecule has 5 aromatic rings. The SMILES string of the molecule is C[C@@]1(Cc2ccc(-c3cnc(C#N)nc3)cc2)C(=O)N(c2cc(Cl)c(F)c(Cl)c2)c2ncc(C(=O)NC3(C(=O)NC4(c5ncccn5)CC4)CC3)n21. The number of nitriles is 1. The zero-order valence-electron chi connectivity index (χ0n) is 27.4. The number of imidazole rings is 1. The molecule has 4 heterocycles. The van der Waals surface area contributed by atoms with Gasteiger partial charge in [0.1, 0.15) is 28.4 Å². The average Bonchev–Trinajstić information content (AvgIpc) is 4.06. The number of benzene rings is 2. The summed E-state index contributed by atoms with van der Waals surface area (Å²) in [6.45, 7) is 1.68. The van der Waals surface area contributed by atoms with Gasteiger partial charge in [-0.3, -0.25) is 19.0 Å². The first-order valence-electron chi connectivity index (χ1n) is 16.3. The van der Waals surface area contributed by atoms with Crippen LogP contribution in [0.15, 0.2) is 73.4 Å². The summed E-state index contributed by atoms with van der Waals surface area (Å²) < 4.78 is 16.0. The molecule has 2 aliphatic carbocycles. The first-order chi connectivity index (χ1) is 25.0. The quantitative estimate of drug-likeness (QED) is 0.194. The van der Waals surface area contributed by atoms with Crippen LogP contribution >= 0.6 is 23.2 Å². The van der Waals surface area contributed by atoms with Gasteiger partial charge in [0.05, 0.1) is 21.9 Å². The highest BCUT2D eigenvalue weighted by atomic mass is 35.5. The van der Waals surface area contributed by atoms with Crippen molar-refractivity contribution >= 4 is 52.6 Å². The maximum Gasteiger partial charge on any atom is 0.270 e. The van der Waals surface area contributed by atoms with Crippen LogP contribution in [0.5, 0.6) is 0 Å². The molecule has 16 heteroatoms. The Hall–Kier alpha value is -5.78. The van der Waals surface area contributed by atoms with E-state index in [9.17, 15) is 18.8 Å². The summed E-state index contributed by atoms with van der Waals surface area (Å²) in [4.78, 5) is 64.8. The van der Waals surface area contributed by atoms with Crippen molar-refractivity contribution < 1.29 is 18.8 Å². The third-order valence-corrected chi connectivity index (χ3v) is 10.3. The van der Waals surface area contributed by atoms with E-state index in [2.05, 4.69) is 35.6 Å². The highest BCUT2D eigenvalue weighted by molar-refractivity contribution is 6.35. The molecule has 2 N–H and O–H groups in total. The van der Waals surface area contributed by atoms with E-state index in [1.165, 1.54) is 27.8 Å². The molecule has 1 aliphatic heterocycles. The maximum absolute atomic E-state index is 14.5. The van der Waals surface area contributed by atoms with Crippen molar-refractivity contribution in [3.05, 3.63) is 112 Å². The second-order valence-corrected chi connectivity index (χ2v) is 14.2. The number of nitrogens with zero attached hydrogens (tertiary/aromatic N) is 8. The lowest BCUT2D eigenvalue weighted by Gasteiger charge is -2.27.